The average molecular weight is 280 g/mol. The molecule has 114 valence electrons. The summed E-state index contributed by atoms with van der Waals surface area (Å²) in [7, 11) is 0. The van der Waals surface area contributed by atoms with Gasteiger partial charge in [0.2, 0.25) is 0 Å². The summed E-state index contributed by atoms with van der Waals surface area (Å²) < 4.78 is 11.0. The first-order chi connectivity index (χ1) is 9.78. The Balaban J connectivity index is 1.96. The minimum absolute atomic E-state index is 0.344. The van der Waals surface area contributed by atoms with E-state index in [2.05, 4.69) is 30.1 Å². The normalized spacial score (nSPS) is 18.6. The van der Waals surface area contributed by atoms with Crippen LogP contribution >= 0.6 is 0 Å². The molecule has 1 saturated heterocycles. The topological polar surface area (TPSA) is 37.6 Å². The van der Waals surface area contributed by atoms with Crippen LogP contribution in [0.4, 0.5) is 0 Å². The van der Waals surface area contributed by atoms with Crippen LogP contribution in [0.15, 0.2) is 22.8 Å². The van der Waals surface area contributed by atoms with E-state index in [-0.39, 0.29) is 0 Å². The van der Waals surface area contributed by atoms with Crippen LogP contribution in [0.25, 0.3) is 0 Å². The van der Waals surface area contributed by atoms with Crippen molar-refractivity contribution in [3.8, 4) is 0 Å². The molecule has 0 bridgehead atoms. The van der Waals surface area contributed by atoms with Crippen molar-refractivity contribution in [3.05, 3.63) is 24.2 Å². The van der Waals surface area contributed by atoms with Gasteiger partial charge in [-0.15, -0.1) is 0 Å². The third-order valence-corrected chi connectivity index (χ3v) is 4.27. The maximum Gasteiger partial charge on any atom is 0.117 e. The first-order valence-electron chi connectivity index (χ1n) is 7.81. The lowest BCUT2D eigenvalue weighted by Gasteiger charge is -2.41. The zero-order chi connectivity index (χ0) is 14.3. The fraction of sp³-hybridized carbons (Fsp3) is 0.750. The molecular weight excluding hydrogens is 252 g/mol. The Morgan fingerprint density at radius 1 is 1.30 bits per heavy atom. The monoisotopic (exact) mass is 280 g/mol. The standard InChI is InChI=1S/C16H28N2O2/c1-3-17-13-16(7-10-19-11-8-16)14-18(4-2)12-15-6-5-9-20-15/h5-6,9,17H,3-4,7-8,10-14H2,1-2H3. The van der Waals surface area contributed by atoms with Gasteiger partial charge in [0.15, 0.2) is 0 Å². The number of hydrogen-bond acceptors (Lipinski definition) is 4. The van der Waals surface area contributed by atoms with Gasteiger partial charge in [-0.25, -0.2) is 0 Å². The van der Waals surface area contributed by atoms with Gasteiger partial charge >= 0.3 is 0 Å². The van der Waals surface area contributed by atoms with Crippen molar-refractivity contribution < 1.29 is 9.15 Å². The number of nitrogens with one attached hydrogen (secondary N) is 1. The molecule has 0 saturated carbocycles. The van der Waals surface area contributed by atoms with E-state index in [1.807, 2.05) is 6.07 Å². The summed E-state index contributed by atoms with van der Waals surface area (Å²) in [6.07, 6.45) is 4.05. The quantitative estimate of drug-likeness (QED) is 0.794. The van der Waals surface area contributed by atoms with Crippen molar-refractivity contribution in [3.63, 3.8) is 0 Å². The number of ether oxygens (including phenoxy) is 1. The van der Waals surface area contributed by atoms with E-state index in [4.69, 9.17) is 9.15 Å². The van der Waals surface area contributed by atoms with E-state index in [0.717, 1.165) is 64.5 Å². The van der Waals surface area contributed by atoms with E-state index in [9.17, 15) is 0 Å². The maximum atomic E-state index is 5.56. The lowest BCUT2D eigenvalue weighted by Crippen LogP contribution is -2.47. The predicted octanol–water partition coefficient (Wildman–Crippen LogP) is 2.51. The summed E-state index contributed by atoms with van der Waals surface area (Å²) in [5, 5.41) is 3.54. The van der Waals surface area contributed by atoms with Crippen molar-refractivity contribution in [2.24, 2.45) is 5.41 Å². The van der Waals surface area contributed by atoms with E-state index in [0.29, 0.717) is 5.41 Å². The van der Waals surface area contributed by atoms with Gasteiger partial charge in [-0.1, -0.05) is 13.8 Å². The average Bonchev–Trinajstić information content (AvgIpc) is 2.98. The smallest absolute Gasteiger partial charge is 0.117 e. The predicted molar refractivity (Wildman–Crippen MR) is 80.7 cm³/mol. The Morgan fingerprint density at radius 3 is 2.70 bits per heavy atom. The van der Waals surface area contributed by atoms with Crippen LogP contribution in [0.5, 0.6) is 0 Å². The van der Waals surface area contributed by atoms with Crippen molar-refractivity contribution in [2.75, 3.05) is 39.4 Å². The van der Waals surface area contributed by atoms with Crippen LogP contribution in [0.3, 0.4) is 0 Å². The molecule has 0 radical (unpaired) electrons. The highest BCUT2D eigenvalue weighted by Gasteiger charge is 2.33. The molecule has 1 aromatic heterocycles. The fourth-order valence-corrected chi connectivity index (χ4v) is 2.96. The molecule has 0 amide bonds. The Morgan fingerprint density at radius 2 is 2.10 bits per heavy atom. The Bertz CT molecular complexity index is 359. The summed E-state index contributed by atoms with van der Waals surface area (Å²) in [4.78, 5) is 2.49. The molecule has 0 unspecified atom stereocenters. The highest BCUT2D eigenvalue weighted by atomic mass is 16.5. The second-order valence-electron chi connectivity index (χ2n) is 5.78. The van der Waals surface area contributed by atoms with Gasteiger partial charge in [-0.3, -0.25) is 4.90 Å². The Hall–Kier alpha value is -0.840. The van der Waals surface area contributed by atoms with Gasteiger partial charge in [0.05, 0.1) is 12.8 Å². The molecule has 0 atom stereocenters. The fourth-order valence-electron chi connectivity index (χ4n) is 2.96. The summed E-state index contributed by atoms with van der Waals surface area (Å²) >= 11 is 0. The first kappa shape index (κ1) is 15.5. The molecule has 2 rings (SSSR count). The maximum absolute atomic E-state index is 5.56. The molecule has 0 aromatic carbocycles. The van der Waals surface area contributed by atoms with Gasteiger partial charge in [0, 0.05) is 26.3 Å². The Labute approximate surface area is 122 Å². The summed E-state index contributed by atoms with van der Waals surface area (Å²) in [5.41, 5.74) is 0.344. The molecule has 20 heavy (non-hydrogen) atoms. The molecule has 1 aliphatic heterocycles. The van der Waals surface area contributed by atoms with Crippen LogP contribution in [0.1, 0.15) is 32.4 Å². The van der Waals surface area contributed by atoms with Crippen LogP contribution in [-0.4, -0.2) is 44.3 Å². The van der Waals surface area contributed by atoms with Gasteiger partial charge in [-0.2, -0.15) is 0 Å². The molecule has 0 aliphatic carbocycles. The first-order valence-corrected chi connectivity index (χ1v) is 7.81. The molecule has 0 spiro atoms. The van der Waals surface area contributed by atoms with Gasteiger partial charge in [0.1, 0.15) is 5.76 Å². The zero-order valence-electron chi connectivity index (χ0n) is 12.9. The third-order valence-electron chi connectivity index (χ3n) is 4.27. The number of nitrogens with zero attached hydrogens (tertiary/aromatic N) is 1. The minimum Gasteiger partial charge on any atom is -0.468 e. The molecular formula is C16H28N2O2. The number of furan rings is 1. The van der Waals surface area contributed by atoms with Crippen molar-refractivity contribution >= 4 is 0 Å². The molecule has 1 N–H and O–H groups in total. The van der Waals surface area contributed by atoms with Gasteiger partial charge < -0.3 is 14.5 Å². The van der Waals surface area contributed by atoms with E-state index in [1.165, 1.54) is 0 Å². The molecule has 1 aliphatic rings. The highest BCUT2D eigenvalue weighted by Crippen LogP contribution is 2.31. The van der Waals surface area contributed by atoms with E-state index in [1.54, 1.807) is 6.26 Å². The second kappa shape index (κ2) is 7.81. The zero-order valence-corrected chi connectivity index (χ0v) is 12.9. The third kappa shape index (κ3) is 4.33. The van der Waals surface area contributed by atoms with Gasteiger partial charge in [0.25, 0.3) is 0 Å². The highest BCUT2D eigenvalue weighted by molar-refractivity contribution is 4.98. The van der Waals surface area contributed by atoms with E-state index >= 15 is 0 Å². The molecule has 1 fully saturated rings. The van der Waals surface area contributed by atoms with Crippen molar-refractivity contribution in [2.45, 2.75) is 33.2 Å². The lowest BCUT2D eigenvalue weighted by molar-refractivity contribution is -0.00557. The van der Waals surface area contributed by atoms with Crippen molar-refractivity contribution in [1.82, 2.24) is 10.2 Å². The van der Waals surface area contributed by atoms with Crippen LogP contribution in [-0.2, 0) is 11.3 Å². The van der Waals surface area contributed by atoms with Crippen LogP contribution in [0, 0.1) is 5.41 Å². The number of rotatable bonds is 8. The molecule has 4 nitrogen and oxygen atoms in total. The molecule has 4 heteroatoms. The summed E-state index contributed by atoms with van der Waals surface area (Å²) in [6.45, 7) is 11.4. The summed E-state index contributed by atoms with van der Waals surface area (Å²) in [6, 6.07) is 4.02. The second-order valence-corrected chi connectivity index (χ2v) is 5.78. The van der Waals surface area contributed by atoms with Crippen molar-refractivity contribution in [1.29, 1.82) is 0 Å². The summed E-state index contributed by atoms with van der Waals surface area (Å²) in [5.74, 6) is 1.05. The molecule has 1 aromatic rings. The lowest BCUT2D eigenvalue weighted by atomic mass is 9.79. The van der Waals surface area contributed by atoms with Gasteiger partial charge in [-0.05, 0) is 43.5 Å². The number of hydrogen-bond donors (Lipinski definition) is 1. The minimum atomic E-state index is 0.344. The van der Waals surface area contributed by atoms with Crippen LogP contribution in [0.2, 0.25) is 0 Å². The largest absolute Gasteiger partial charge is 0.468 e. The van der Waals surface area contributed by atoms with Crippen LogP contribution < -0.4 is 5.32 Å². The molecule has 2 heterocycles. The van der Waals surface area contributed by atoms with E-state index < -0.39 is 0 Å². The SMILES string of the molecule is CCNCC1(CN(CC)Cc2ccco2)CCOCC1. The Kier molecular flexibility index (Phi) is 6.07.